The van der Waals surface area contributed by atoms with E-state index in [1.807, 2.05) is 24.4 Å². The summed E-state index contributed by atoms with van der Waals surface area (Å²) in [6, 6.07) is 7.44. The Kier molecular flexibility index (Phi) is 3.64. The van der Waals surface area contributed by atoms with E-state index < -0.39 is 0 Å². The fourth-order valence-corrected chi connectivity index (χ4v) is 3.24. The molecule has 0 saturated heterocycles. The minimum atomic E-state index is 0.470. The maximum Gasteiger partial charge on any atom is 0.176 e. The highest BCUT2D eigenvalue weighted by molar-refractivity contribution is 9.10. The zero-order valence-corrected chi connectivity index (χ0v) is 14.6. The van der Waals surface area contributed by atoms with Crippen molar-refractivity contribution < 1.29 is 4.52 Å². The van der Waals surface area contributed by atoms with Crippen molar-refractivity contribution in [1.29, 1.82) is 0 Å². The molecule has 0 amide bonds. The second-order valence-electron chi connectivity index (χ2n) is 4.92. The lowest BCUT2D eigenvalue weighted by Crippen LogP contribution is -1.82. The normalized spacial score (nSPS) is 11.3. The first-order chi connectivity index (χ1) is 11.1. The Balaban J connectivity index is 1.96. The van der Waals surface area contributed by atoms with Crippen LogP contribution < -0.4 is 0 Å². The van der Waals surface area contributed by atoms with Gasteiger partial charge in [-0.1, -0.05) is 40.5 Å². The molecule has 4 aromatic rings. The van der Waals surface area contributed by atoms with E-state index in [4.69, 9.17) is 27.7 Å². The molecule has 4 nitrogen and oxygen atoms in total. The van der Waals surface area contributed by atoms with Crippen molar-refractivity contribution in [2.45, 2.75) is 0 Å². The number of halogens is 3. The average molecular weight is 409 g/mol. The molecule has 0 spiro atoms. The molecule has 0 bridgehead atoms. The highest BCUT2D eigenvalue weighted by Crippen LogP contribution is 2.40. The van der Waals surface area contributed by atoms with Gasteiger partial charge in [-0.25, -0.2) is 4.98 Å². The van der Waals surface area contributed by atoms with Crippen molar-refractivity contribution in [2.75, 3.05) is 0 Å². The summed E-state index contributed by atoms with van der Waals surface area (Å²) in [4.78, 5) is 7.46. The zero-order chi connectivity index (χ0) is 16.0. The van der Waals surface area contributed by atoms with Crippen LogP contribution in [0, 0.1) is 0 Å². The summed E-state index contributed by atoms with van der Waals surface area (Å²) in [7, 11) is 0. The molecule has 4 rings (SSSR count). The molecule has 1 aromatic carbocycles. The van der Waals surface area contributed by atoms with Gasteiger partial charge in [-0.15, -0.1) is 0 Å². The second kappa shape index (κ2) is 5.67. The average Bonchev–Trinajstić information content (AvgIpc) is 3.15. The molecule has 0 fully saturated rings. The van der Waals surface area contributed by atoms with Crippen molar-refractivity contribution in [2.24, 2.45) is 0 Å². The fraction of sp³-hybridized carbons (Fsp3) is 0. The standard InChI is InChI=1S/C16H8BrCl2N3O/c17-8-4-10-11(6-21-16(10)20-5-8)15-12(7-22-23-15)9-2-1-3-13(18)14(9)19/h1-7H,(H,20,21). The lowest BCUT2D eigenvalue weighted by atomic mass is 10.0. The molecule has 0 unspecified atom stereocenters. The monoisotopic (exact) mass is 407 g/mol. The highest BCUT2D eigenvalue weighted by Gasteiger charge is 2.19. The van der Waals surface area contributed by atoms with Gasteiger partial charge in [-0.2, -0.15) is 0 Å². The van der Waals surface area contributed by atoms with Gasteiger partial charge in [-0.05, 0) is 28.1 Å². The van der Waals surface area contributed by atoms with E-state index in [9.17, 15) is 0 Å². The third-order valence-corrected chi connectivity index (χ3v) is 4.81. The molecule has 3 heterocycles. The lowest BCUT2D eigenvalue weighted by molar-refractivity contribution is 0.433. The van der Waals surface area contributed by atoms with Crippen LogP contribution in [0.15, 0.2) is 51.9 Å². The predicted octanol–water partition coefficient (Wildman–Crippen LogP) is 5.95. The summed E-state index contributed by atoms with van der Waals surface area (Å²) in [5, 5.41) is 5.81. The third-order valence-electron chi connectivity index (χ3n) is 3.55. The van der Waals surface area contributed by atoms with Crippen LogP contribution >= 0.6 is 39.1 Å². The first-order valence-corrected chi connectivity index (χ1v) is 8.22. The largest absolute Gasteiger partial charge is 0.356 e. The lowest BCUT2D eigenvalue weighted by Gasteiger charge is -2.05. The number of nitrogens with zero attached hydrogens (tertiary/aromatic N) is 2. The van der Waals surface area contributed by atoms with Crippen LogP contribution in [0.1, 0.15) is 0 Å². The van der Waals surface area contributed by atoms with Crippen LogP contribution in [0.5, 0.6) is 0 Å². The van der Waals surface area contributed by atoms with Gasteiger partial charge in [0.2, 0.25) is 0 Å². The van der Waals surface area contributed by atoms with E-state index in [1.165, 1.54) is 0 Å². The Bertz CT molecular complexity index is 1030. The minimum absolute atomic E-state index is 0.470. The van der Waals surface area contributed by atoms with Crippen LogP contribution in [0.3, 0.4) is 0 Å². The quantitative estimate of drug-likeness (QED) is 0.445. The molecule has 0 aliphatic rings. The van der Waals surface area contributed by atoms with Gasteiger partial charge in [0.25, 0.3) is 0 Å². The summed E-state index contributed by atoms with van der Waals surface area (Å²) in [6.45, 7) is 0. The molecular weight excluding hydrogens is 401 g/mol. The van der Waals surface area contributed by atoms with Gasteiger partial charge < -0.3 is 9.51 Å². The molecule has 0 saturated carbocycles. The van der Waals surface area contributed by atoms with Gasteiger partial charge in [0.05, 0.1) is 21.8 Å². The second-order valence-corrected chi connectivity index (χ2v) is 6.62. The van der Waals surface area contributed by atoms with Gasteiger partial charge in [0.1, 0.15) is 5.65 Å². The summed E-state index contributed by atoms with van der Waals surface area (Å²) >= 11 is 15.9. The van der Waals surface area contributed by atoms with E-state index in [0.29, 0.717) is 15.8 Å². The molecule has 3 aromatic heterocycles. The van der Waals surface area contributed by atoms with Crippen molar-refractivity contribution in [1.82, 2.24) is 15.1 Å². The first-order valence-electron chi connectivity index (χ1n) is 6.67. The first kappa shape index (κ1) is 14.8. The summed E-state index contributed by atoms with van der Waals surface area (Å²) in [5.41, 5.74) is 3.17. The molecule has 0 atom stereocenters. The Morgan fingerprint density at radius 1 is 1.09 bits per heavy atom. The minimum Gasteiger partial charge on any atom is -0.356 e. The van der Waals surface area contributed by atoms with E-state index in [2.05, 4.69) is 31.1 Å². The zero-order valence-electron chi connectivity index (χ0n) is 11.5. The number of benzene rings is 1. The van der Waals surface area contributed by atoms with Gasteiger partial charge in [0, 0.05) is 33.4 Å². The third kappa shape index (κ3) is 2.45. The highest BCUT2D eigenvalue weighted by atomic mass is 79.9. The Hall–Kier alpha value is -1.82. The smallest absolute Gasteiger partial charge is 0.176 e. The predicted molar refractivity (Wildman–Crippen MR) is 94.7 cm³/mol. The van der Waals surface area contributed by atoms with Crippen LogP contribution in [-0.2, 0) is 0 Å². The maximum absolute atomic E-state index is 6.33. The molecule has 114 valence electrons. The van der Waals surface area contributed by atoms with Crippen molar-refractivity contribution >= 4 is 50.2 Å². The number of H-pyrrole nitrogens is 1. The van der Waals surface area contributed by atoms with E-state index in [1.54, 1.807) is 18.5 Å². The molecule has 23 heavy (non-hydrogen) atoms. The number of nitrogens with one attached hydrogen (secondary N) is 1. The van der Waals surface area contributed by atoms with Crippen LogP contribution in [0.25, 0.3) is 33.5 Å². The van der Waals surface area contributed by atoms with Gasteiger partial charge >= 0.3 is 0 Å². The molecule has 1 N–H and O–H groups in total. The summed E-state index contributed by atoms with van der Waals surface area (Å²) in [6.07, 6.45) is 5.21. The van der Waals surface area contributed by atoms with Crippen LogP contribution in [0.4, 0.5) is 0 Å². The maximum atomic E-state index is 6.33. The van der Waals surface area contributed by atoms with Crippen molar-refractivity contribution in [3.05, 3.63) is 57.4 Å². The number of aromatic nitrogens is 3. The molecule has 0 radical (unpaired) electrons. The van der Waals surface area contributed by atoms with Gasteiger partial charge in [-0.3, -0.25) is 0 Å². The number of fused-ring (bicyclic) bond motifs is 1. The Morgan fingerprint density at radius 2 is 1.96 bits per heavy atom. The summed E-state index contributed by atoms with van der Waals surface area (Å²) in [5.74, 6) is 0.611. The molecule has 0 aliphatic carbocycles. The number of aromatic amines is 1. The van der Waals surface area contributed by atoms with Crippen LogP contribution in [-0.4, -0.2) is 15.1 Å². The molecule has 0 aliphatic heterocycles. The Labute approximate surface area is 149 Å². The van der Waals surface area contributed by atoms with Crippen molar-refractivity contribution in [3.63, 3.8) is 0 Å². The van der Waals surface area contributed by atoms with Gasteiger partial charge in [0.15, 0.2) is 5.76 Å². The molecule has 7 heteroatoms. The Morgan fingerprint density at radius 3 is 2.83 bits per heavy atom. The van der Waals surface area contributed by atoms with E-state index in [0.717, 1.165) is 32.2 Å². The number of pyridine rings is 1. The summed E-state index contributed by atoms with van der Waals surface area (Å²) < 4.78 is 6.37. The topological polar surface area (TPSA) is 54.7 Å². The van der Waals surface area contributed by atoms with Crippen LogP contribution in [0.2, 0.25) is 10.0 Å². The number of hydrogen-bond donors (Lipinski definition) is 1. The fourth-order valence-electron chi connectivity index (χ4n) is 2.50. The number of hydrogen-bond acceptors (Lipinski definition) is 3. The van der Waals surface area contributed by atoms with E-state index >= 15 is 0 Å². The van der Waals surface area contributed by atoms with E-state index in [-0.39, 0.29) is 0 Å². The number of rotatable bonds is 2. The SMILES string of the molecule is Clc1cccc(-c2cnoc2-c2c[nH]c3ncc(Br)cc23)c1Cl. The van der Waals surface area contributed by atoms with Crippen molar-refractivity contribution in [3.8, 4) is 22.5 Å². The molecular formula is C16H8BrCl2N3O.